The number of rotatable bonds is 4. The van der Waals surface area contributed by atoms with E-state index in [0.717, 1.165) is 11.1 Å². The zero-order chi connectivity index (χ0) is 14.7. The van der Waals surface area contributed by atoms with E-state index < -0.39 is 0 Å². The topological polar surface area (TPSA) is 18.5 Å². The highest BCUT2D eigenvalue weighted by Crippen LogP contribution is 2.42. The van der Waals surface area contributed by atoms with Crippen LogP contribution in [0.25, 0.3) is 11.1 Å². The van der Waals surface area contributed by atoms with Crippen LogP contribution in [0.2, 0.25) is 5.02 Å². The molecule has 0 fully saturated rings. The number of hydrogen-bond donors (Lipinski definition) is 0. The smallest absolute Gasteiger partial charge is 0.170 e. The molecule has 0 heterocycles. The molecule has 0 bridgehead atoms. The molecule has 0 aliphatic rings. The first-order valence-corrected chi connectivity index (χ1v) is 6.97. The van der Waals surface area contributed by atoms with Crippen LogP contribution in [0.1, 0.15) is 25.3 Å². The normalized spacial score (nSPS) is 10.7. The fourth-order valence-electron chi connectivity index (χ4n) is 2.21. The Bertz CT molecular complexity index is 589. The van der Waals surface area contributed by atoms with Crippen LogP contribution in [-0.2, 0) is 0 Å². The summed E-state index contributed by atoms with van der Waals surface area (Å²) in [6.45, 7) is 4.35. The van der Waals surface area contributed by atoms with E-state index in [-0.39, 0.29) is 0 Å². The standard InChI is InChI=1S/C17H19ClO2/c1-11(2)12-5-7-13(8-6-12)16-14(18)9-10-15(19-3)17(16)20-4/h5-11H,1-4H3. The average Bonchev–Trinajstić information content (AvgIpc) is 2.46. The number of ether oxygens (including phenoxy) is 2. The summed E-state index contributed by atoms with van der Waals surface area (Å²) >= 11 is 6.34. The Hall–Kier alpha value is -1.67. The van der Waals surface area contributed by atoms with Crippen molar-refractivity contribution in [2.45, 2.75) is 19.8 Å². The van der Waals surface area contributed by atoms with Crippen molar-refractivity contribution in [3.63, 3.8) is 0 Å². The molecule has 2 aromatic rings. The molecule has 2 rings (SSSR count). The molecule has 0 N–H and O–H groups in total. The van der Waals surface area contributed by atoms with Gasteiger partial charge in [0.05, 0.1) is 19.2 Å². The molecular formula is C17H19ClO2. The van der Waals surface area contributed by atoms with Crippen LogP contribution in [0.4, 0.5) is 0 Å². The number of hydrogen-bond acceptors (Lipinski definition) is 2. The summed E-state index contributed by atoms with van der Waals surface area (Å²) < 4.78 is 10.8. The predicted molar refractivity (Wildman–Crippen MR) is 84.1 cm³/mol. The molecule has 106 valence electrons. The van der Waals surface area contributed by atoms with E-state index in [0.29, 0.717) is 22.4 Å². The van der Waals surface area contributed by atoms with Gasteiger partial charge in [-0.3, -0.25) is 0 Å². The van der Waals surface area contributed by atoms with Crippen LogP contribution in [-0.4, -0.2) is 14.2 Å². The summed E-state index contributed by atoms with van der Waals surface area (Å²) in [5, 5.41) is 0.653. The highest BCUT2D eigenvalue weighted by Gasteiger charge is 2.15. The van der Waals surface area contributed by atoms with E-state index >= 15 is 0 Å². The fraction of sp³-hybridized carbons (Fsp3) is 0.294. The lowest BCUT2D eigenvalue weighted by Gasteiger charge is -2.15. The Labute approximate surface area is 125 Å². The van der Waals surface area contributed by atoms with E-state index in [1.165, 1.54) is 5.56 Å². The Morgan fingerprint density at radius 2 is 1.55 bits per heavy atom. The van der Waals surface area contributed by atoms with Crippen LogP contribution in [0.5, 0.6) is 11.5 Å². The van der Waals surface area contributed by atoms with Gasteiger partial charge in [-0.1, -0.05) is 49.7 Å². The summed E-state index contributed by atoms with van der Waals surface area (Å²) in [5.74, 6) is 1.85. The first-order valence-electron chi connectivity index (χ1n) is 6.59. The summed E-state index contributed by atoms with van der Waals surface area (Å²) in [4.78, 5) is 0. The molecule has 0 atom stereocenters. The summed E-state index contributed by atoms with van der Waals surface area (Å²) in [5.41, 5.74) is 3.19. The van der Waals surface area contributed by atoms with Crippen molar-refractivity contribution in [2.24, 2.45) is 0 Å². The Kier molecular flexibility index (Phi) is 4.56. The molecule has 20 heavy (non-hydrogen) atoms. The monoisotopic (exact) mass is 290 g/mol. The molecule has 0 unspecified atom stereocenters. The van der Waals surface area contributed by atoms with Gasteiger partial charge >= 0.3 is 0 Å². The van der Waals surface area contributed by atoms with Crippen LogP contribution in [0, 0.1) is 0 Å². The molecule has 0 amide bonds. The Morgan fingerprint density at radius 3 is 2.05 bits per heavy atom. The van der Waals surface area contributed by atoms with Gasteiger partial charge in [-0.05, 0) is 29.2 Å². The SMILES string of the molecule is COc1ccc(Cl)c(-c2ccc(C(C)C)cc2)c1OC. The second-order valence-electron chi connectivity index (χ2n) is 4.93. The maximum absolute atomic E-state index is 6.34. The lowest BCUT2D eigenvalue weighted by atomic mass is 9.98. The van der Waals surface area contributed by atoms with Crippen molar-refractivity contribution in [1.82, 2.24) is 0 Å². The molecule has 2 aromatic carbocycles. The van der Waals surface area contributed by atoms with Gasteiger partial charge in [-0.15, -0.1) is 0 Å². The molecular weight excluding hydrogens is 272 g/mol. The first-order chi connectivity index (χ1) is 9.58. The number of benzene rings is 2. The third kappa shape index (κ3) is 2.75. The Morgan fingerprint density at radius 1 is 0.900 bits per heavy atom. The largest absolute Gasteiger partial charge is 0.493 e. The fourth-order valence-corrected chi connectivity index (χ4v) is 2.46. The van der Waals surface area contributed by atoms with Crippen molar-refractivity contribution < 1.29 is 9.47 Å². The van der Waals surface area contributed by atoms with Crippen LogP contribution >= 0.6 is 11.6 Å². The van der Waals surface area contributed by atoms with E-state index in [1.807, 2.05) is 12.1 Å². The third-order valence-electron chi connectivity index (χ3n) is 3.36. The van der Waals surface area contributed by atoms with Gasteiger partial charge in [0.1, 0.15) is 0 Å². The number of halogens is 1. The molecule has 0 aliphatic heterocycles. The summed E-state index contributed by atoms with van der Waals surface area (Å²) in [6.07, 6.45) is 0. The van der Waals surface area contributed by atoms with Gasteiger partial charge in [-0.2, -0.15) is 0 Å². The van der Waals surface area contributed by atoms with Gasteiger partial charge < -0.3 is 9.47 Å². The minimum absolute atomic E-state index is 0.506. The van der Waals surface area contributed by atoms with E-state index in [4.69, 9.17) is 21.1 Å². The maximum Gasteiger partial charge on any atom is 0.170 e. The van der Waals surface area contributed by atoms with Crippen LogP contribution < -0.4 is 9.47 Å². The van der Waals surface area contributed by atoms with Gasteiger partial charge in [0, 0.05) is 5.56 Å². The summed E-state index contributed by atoms with van der Waals surface area (Å²) in [7, 11) is 3.25. The van der Waals surface area contributed by atoms with Crippen LogP contribution in [0.15, 0.2) is 36.4 Å². The number of methoxy groups -OCH3 is 2. The van der Waals surface area contributed by atoms with E-state index in [2.05, 4.69) is 38.1 Å². The molecule has 0 radical (unpaired) electrons. The molecule has 0 saturated carbocycles. The minimum atomic E-state index is 0.506. The van der Waals surface area contributed by atoms with E-state index in [1.54, 1.807) is 14.2 Å². The van der Waals surface area contributed by atoms with Crippen molar-refractivity contribution in [1.29, 1.82) is 0 Å². The quantitative estimate of drug-likeness (QED) is 0.775. The van der Waals surface area contributed by atoms with Crippen molar-refractivity contribution in [2.75, 3.05) is 14.2 Å². The average molecular weight is 291 g/mol. The highest BCUT2D eigenvalue weighted by molar-refractivity contribution is 6.33. The molecule has 0 saturated heterocycles. The second kappa shape index (κ2) is 6.19. The first kappa shape index (κ1) is 14.7. The molecule has 2 nitrogen and oxygen atoms in total. The van der Waals surface area contributed by atoms with Gasteiger partial charge in [0.2, 0.25) is 0 Å². The third-order valence-corrected chi connectivity index (χ3v) is 3.68. The lowest BCUT2D eigenvalue weighted by Crippen LogP contribution is -1.94. The lowest BCUT2D eigenvalue weighted by molar-refractivity contribution is 0.356. The summed E-state index contributed by atoms with van der Waals surface area (Å²) in [6, 6.07) is 12.0. The molecule has 0 spiro atoms. The molecule has 0 aliphatic carbocycles. The van der Waals surface area contributed by atoms with Gasteiger partial charge in [0.25, 0.3) is 0 Å². The van der Waals surface area contributed by atoms with Crippen LogP contribution in [0.3, 0.4) is 0 Å². The highest BCUT2D eigenvalue weighted by atomic mass is 35.5. The van der Waals surface area contributed by atoms with E-state index in [9.17, 15) is 0 Å². The van der Waals surface area contributed by atoms with Crippen molar-refractivity contribution >= 4 is 11.6 Å². The van der Waals surface area contributed by atoms with Crippen molar-refractivity contribution in [3.8, 4) is 22.6 Å². The Balaban J connectivity index is 2.56. The second-order valence-corrected chi connectivity index (χ2v) is 5.34. The minimum Gasteiger partial charge on any atom is -0.493 e. The maximum atomic E-state index is 6.34. The van der Waals surface area contributed by atoms with Gasteiger partial charge in [-0.25, -0.2) is 0 Å². The zero-order valence-electron chi connectivity index (χ0n) is 12.2. The van der Waals surface area contributed by atoms with Crippen molar-refractivity contribution in [3.05, 3.63) is 47.0 Å². The van der Waals surface area contributed by atoms with Gasteiger partial charge in [0.15, 0.2) is 11.5 Å². The zero-order valence-corrected chi connectivity index (χ0v) is 13.0. The molecule has 0 aromatic heterocycles. The molecule has 3 heteroatoms. The predicted octanol–water partition coefficient (Wildman–Crippen LogP) is 5.15.